The molecule has 1 aromatic carbocycles. The smallest absolute Gasteiger partial charge is 0.255 e. The molecule has 2 aromatic rings. The van der Waals surface area contributed by atoms with Crippen LogP contribution in [0.25, 0.3) is 5.69 Å². The maximum atomic E-state index is 13.0. The molecule has 0 saturated carbocycles. The molecule has 0 bridgehead atoms. The molecule has 0 spiro atoms. The van der Waals surface area contributed by atoms with Crippen LogP contribution in [0.2, 0.25) is 0 Å². The summed E-state index contributed by atoms with van der Waals surface area (Å²) in [6.45, 7) is 10.1. The van der Waals surface area contributed by atoms with Gasteiger partial charge in [0.1, 0.15) is 0 Å². The van der Waals surface area contributed by atoms with Crippen LogP contribution >= 0.6 is 0 Å². The molecule has 2 heterocycles. The van der Waals surface area contributed by atoms with E-state index in [4.69, 9.17) is 0 Å². The molecule has 0 aliphatic carbocycles. The number of carbonyl (C=O) groups excluding carboxylic acids is 2. The molecule has 0 N–H and O–H groups in total. The van der Waals surface area contributed by atoms with Crippen LogP contribution in [0.4, 0.5) is 0 Å². The van der Waals surface area contributed by atoms with Crippen molar-refractivity contribution in [1.29, 1.82) is 0 Å². The molecule has 2 amide bonds. The number of amides is 2. The van der Waals surface area contributed by atoms with Gasteiger partial charge in [0.15, 0.2) is 0 Å². The van der Waals surface area contributed by atoms with Crippen LogP contribution in [0.5, 0.6) is 0 Å². The quantitative estimate of drug-likeness (QED) is 0.844. The van der Waals surface area contributed by atoms with Crippen molar-refractivity contribution in [2.24, 2.45) is 0 Å². The summed E-state index contributed by atoms with van der Waals surface area (Å²) in [5, 5.41) is 0. The van der Waals surface area contributed by atoms with Crippen molar-refractivity contribution in [3.8, 4) is 5.69 Å². The van der Waals surface area contributed by atoms with E-state index in [-0.39, 0.29) is 11.8 Å². The van der Waals surface area contributed by atoms with Gasteiger partial charge < -0.3 is 14.4 Å². The zero-order valence-electron chi connectivity index (χ0n) is 15.4. The molecule has 132 valence electrons. The zero-order chi connectivity index (χ0) is 18.1. The first-order chi connectivity index (χ1) is 11.9. The van der Waals surface area contributed by atoms with Gasteiger partial charge in [-0.05, 0) is 44.5 Å². The molecule has 1 fully saturated rings. The van der Waals surface area contributed by atoms with E-state index in [0.717, 1.165) is 22.6 Å². The number of nitrogens with zero attached hydrogens (tertiary/aromatic N) is 3. The minimum absolute atomic E-state index is 0.0511. The standard InChI is InChI=1S/C20H25N3O2/c1-14-6-5-7-18(12-14)23-15(2)13-19(16(23)3)20(25)22-10-8-21(9-11-22)17(4)24/h5-7,12-13H,8-11H2,1-4H3. The summed E-state index contributed by atoms with van der Waals surface area (Å²) in [5.41, 5.74) is 5.03. The fourth-order valence-electron chi connectivity index (χ4n) is 3.54. The van der Waals surface area contributed by atoms with Gasteiger partial charge in [-0.2, -0.15) is 0 Å². The topological polar surface area (TPSA) is 45.6 Å². The molecule has 1 saturated heterocycles. The first-order valence-corrected chi connectivity index (χ1v) is 8.69. The van der Waals surface area contributed by atoms with Crippen molar-refractivity contribution < 1.29 is 9.59 Å². The number of aryl methyl sites for hydroxylation is 2. The highest BCUT2D eigenvalue weighted by Gasteiger charge is 2.26. The Balaban J connectivity index is 1.85. The van der Waals surface area contributed by atoms with Gasteiger partial charge in [-0.1, -0.05) is 12.1 Å². The Morgan fingerprint density at radius 2 is 1.56 bits per heavy atom. The van der Waals surface area contributed by atoms with Gasteiger partial charge in [0.25, 0.3) is 5.91 Å². The summed E-state index contributed by atoms with van der Waals surface area (Å²) >= 11 is 0. The average Bonchev–Trinajstić information content (AvgIpc) is 2.88. The molecule has 1 aliphatic heterocycles. The van der Waals surface area contributed by atoms with Gasteiger partial charge in [-0.25, -0.2) is 0 Å². The van der Waals surface area contributed by atoms with E-state index in [1.807, 2.05) is 30.9 Å². The Labute approximate surface area is 148 Å². The first kappa shape index (κ1) is 17.3. The molecule has 3 rings (SSSR count). The zero-order valence-corrected chi connectivity index (χ0v) is 15.4. The lowest BCUT2D eigenvalue weighted by molar-refractivity contribution is -0.130. The van der Waals surface area contributed by atoms with E-state index >= 15 is 0 Å². The second-order valence-electron chi connectivity index (χ2n) is 6.76. The van der Waals surface area contributed by atoms with Gasteiger partial charge in [0.2, 0.25) is 5.91 Å². The molecule has 0 unspecified atom stereocenters. The molecule has 1 aromatic heterocycles. The Kier molecular flexibility index (Phi) is 4.66. The average molecular weight is 339 g/mol. The van der Waals surface area contributed by atoms with Crippen molar-refractivity contribution in [1.82, 2.24) is 14.4 Å². The lowest BCUT2D eigenvalue weighted by Crippen LogP contribution is -2.50. The van der Waals surface area contributed by atoms with Crippen LogP contribution in [0.1, 0.15) is 34.2 Å². The summed E-state index contributed by atoms with van der Waals surface area (Å²) in [7, 11) is 0. The van der Waals surface area contributed by atoms with Crippen molar-refractivity contribution in [3.05, 3.63) is 52.8 Å². The van der Waals surface area contributed by atoms with Crippen molar-refractivity contribution in [3.63, 3.8) is 0 Å². The Morgan fingerprint density at radius 1 is 0.920 bits per heavy atom. The van der Waals surface area contributed by atoms with Crippen LogP contribution in [-0.2, 0) is 4.79 Å². The van der Waals surface area contributed by atoms with E-state index in [9.17, 15) is 9.59 Å². The van der Waals surface area contributed by atoms with Crippen molar-refractivity contribution in [2.75, 3.05) is 26.2 Å². The summed E-state index contributed by atoms with van der Waals surface area (Å²) in [6, 6.07) is 10.3. The van der Waals surface area contributed by atoms with Crippen LogP contribution in [0.3, 0.4) is 0 Å². The highest BCUT2D eigenvalue weighted by atomic mass is 16.2. The summed E-state index contributed by atoms with van der Waals surface area (Å²) < 4.78 is 2.13. The highest BCUT2D eigenvalue weighted by molar-refractivity contribution is 5.96. The normalized spacial score (nSPS) is 14.7. The maximum absolute atomic E-state index is 13.0. The van der Waals surface area contributed by atoms with Crippen LogP contribution in [-0.4, -0.2) is 52.4 Å². The highest BCUT2D eigenvalue weighted by Crippen LogP contribution is 2.23. The fourth-order valence-corrected chi connectivity index (χ4v) is 3.54. The van der Waals surface area contributed by atoms with E-state index < -0.39 is 0 Å². The van der Waals surface area contributed by atoms with Gasteiger partial charge in [-0.3, -0.25) is 9.59 Å². The number of rotatable bonds is 2. The second kappa shape index (κ2) is 6.75. The number of hydrogen-bond donors (Lipinski definition) is 0. The van der Waals surface area contributed by atoms with Crippen LogP contribution in [0, 0.1) is 20.8 Å². The van der Waals surface area contributed by atoms with E-state index in [2.05, 4.69) is 29.7 Å². The van der Waals surface area contributed by atoms with Crippen LogP contribution < -0.4 is 0 Å². The number of hydrogen-bond acceptors (Lipinski definition) is 2. The summed E-state index contributed by atoms with van der Waals surface area (Å²) in [4.78, 5) is 28.1. The molecule has 0 radical (unpaired) electrons. The number of piperazine rings is 1. The third-order valence-electron chi connectivity index (χ3n) is 4.93. The van der Waals surface area contributed by atoms with Gasteiger partial charge in [0, 0.05) is 50.2 Å². The third kappa shape index (κ3) is 3.31. The third-order valence-corrected chi connectivity index (χ3v) is 4.93. The Morgan fingerprint density at radius 3 is 2.16 bits per heavy atom. The monoisotopic (exact) mass is 339 g/mol. The molecule has 0 atom stereocenters. The number of aromatic nitrogens is 1. The second-order valence-corrected chi connectivity index (χ2v) is 6.76. The minimum Gasteiger partial charge on any atom is -0.339 e. The molecule has 5 nitrogen and oxygen atoms in total. The maximum Gasteiger partial charge on any atom is 0.255 e. The largest absolute Gasteiger partial charge is 0.339 e. The van der Waals surface area contributed by atoms with Gasteiger partial charge in [0.05, 0.1) is 5.56 Å². The van der Waals surface area contributed by atoms with Gasteiger partial charge >= 0.3 is 0 Å². The van der Waals surface area contributed by atoms with E-state index in [1.165, 1.54) is 5.56 Å². The number of carbonyl (C=O) groups is 2. The first-order valence-electron chi connectivity index (χ1n) is 8.69. The SMILES string of the molecule is CC(=O)N1CCN(C(=O)c2cc(C)n(-c3cccc(C)c3)c2C)CC1. The lowest BCUT2D eigenvalue weighted by atomic mass is 10.2. The van der Waals surface area contributed by atoms with Gasteiger partial charge in [-0.15, -0.1) is 0 Å². The molecule has 1 aliphatic rings. The summed E-state index contributed by atoms with van der Waals surface area (Å²) in [5.74, 6) is 0.125. The molecule has 5 heteroatoms. The molecular weight excluding hydrogens is 314 g/mol. The lowest BCUT2D eigenvalue weighted by Gasteiger charge is -2.34. The minimum atomic E-state index is 0.0511. The molecule has 25 heavy (non-hydrogen) atoms. The van der Waals surface area contributed by atoms with Crippen molar-refractivity contribution >= 4 is 11.8 Å². The van der Waals surface area contributed by atoms with Crippen molar-refractivity contribution in [2.45, 2.75) is 27.7 Å². The summed E-state index contributed by atoms with van der Waals surface area (Å²) in [6.07, 6.45) is 0. The predicted molar refractivity (Wildman–Crippen MR) is 98.1 cm³/mol. The Hall–Kier alpha value is -2.56. The van der Waals surface area contributed by atoms with E-state index in [1.54, 1.807) is 11.8 Å². The Bertz CT molecular complexity index is 814. The molecular formula is C20H25N3O2. The number of benzene rings is 1. The predicted octanol–water partition coefficient (Wildman–Crippen LogP) is 2.71. The van der Waals surface area contributed by atoms with E-state index in [0.29, 0.717) is 26.2 Å². The van der Waals surface area contributed by atoms with Crippen LogP contribution in [0.15, 0.2) is 30.3 Å². The fraction of sp³-hybridized carbons (Fsp3) is 0.400.